The SMILES string of the molecule is COc1ncc(-c2ccccc2)cc1CNCc1cccc(F)c1F. The molecule has 0 aliphatic heterocycles. The number of aromatic nitrogens is 1. The van der Waals surface area contributed by atoms with E-state index in [1.54, 1.807) is 19.4 Å². The van der Waals surface area contributed by atoms with Crippen LogP contribution < -0.4 is 10.1 Å². The van der Waals surface area contributed by atoms with Crippen LogP contribution in [0.4, 0.5) is 8.78 Å². The average Bonchev–Trinajstić information content (AvgIpc) is 2.66. The first-order valence-corrected chi connectivity index (χ1v) is 7.91. The molecule has 1 aromatic heterocycles. The lowest BCUT2D eigenvalue weighted by Gasteiger charge is -2.11. The fourth-order valence-electron chi connectivity index (χ4n) is 2.61. The number of halogens is 2. The van der Waals surface area contributed by atoms with Crippen LogP contribution in [0.25, 0.3) is 11.1 Å². The third kappa shape index (κ3) is 4.00. The summed E-state index contributed by atoms with van der Waals surface area (Å²) < 4.78 is 32.3. The number of pyridine rings is 1. The first-order chi connectivity index (χ1) is 12.2. The molecule has 5 heteroatoms. The van der Waals surface area contributed by atoms with Gasteiger partial charge in [0.2, 0.25) is 5.88 Å². The summed E-state index contributed by atoms with van der Waals surface area (Å²) in [6, 6.07) is 16.0. The number of hydrogen-bond donors (Lipinski definition) is 1. The molecule has 0 bridgehead atoms. The molecule has 0 saturated heterocycles. The molecule has 0 aliphatic rings. The number of methoxy groups -OCH3 is 1. The highest BCUT2D eigenvalue weighted by Gasteiger charge is 2.10. The lowest BCUT2D eigenvalue weighted by atomic mass is 10.1. The van der Waals surface area contributed by atoms with Crippen LogP contribution >= 0.6 is 0 Å². The monoisotopic (exact) mass is 340 g/mol. The number of hydrogen-bond acceptors (Lipinski definition) is 3. The standard InChI is InChI=1S/C20H18F2N2O/c1-25-20-17(10-16(13-24-20)14-6-3-2-4-7-14)12-23-11-15-8-5-9-18(21)19(15)22/h2-10,13,23H,11-12H2,1H3. The van der Waals surface area contributed by atoms with Crippen molar-refractivity contribution in [3.05, 3.63) is 83.6 Å². The molecule has 1 heterocycles. The number of nitrogens with zero attached hydrogens (tertiary/aromatic N) is 1. The van der Waals surface area contributed by atoms with Crippen molar-refractivity contribution in [3.63, 3.8) is 0 Å². The van der Waals surface area contributed by atoms with Gasteiger partial charge in [0.1, 0.15) is 0 Å². The first kappa shape index (κ1) is 17.0. The largest absolute Gasteiger partial charge is 0.481 e. The molecule has 3 nitrogen and oxygen atoms in total. The Morgan fingerprint density at radius 2 is 1.68 bits per heavy atom. The van der Waals surface area contributed by atoms with Gasteiger partial charge in [0.05, 0.1) is 7.11 Å². The van der Waals surface area contributed by atoms with Gasteiger partial charge in [0.25, 0.3) is 0 Å². The summed E-state index contributed by atoms with van der Waals surface area (Å²) in [6.45, 7) is 0.634. The van der Waals surface area contributed by atoms with E-state index in [-0.39, 0.29) is 12.1 Å². The maximum absolute atomic E-state index is 13.7. The Morgan fingerprint density at radius 3 is 2.44 bits per heavy atom. The van der Waals surface area contributed by atoms with Gasteiger partial charge in [-0.1, -0.05) is 42.5 Å². The zero-order valence-corrected chi connectivity index (χ0v) is 13.8. The minimum absolute atomic E-state index is 0.211. The van der Waals surface area contributed by atoms with Crippen LogP contribution in [0.5, 0.6) is 5.88 Å². The second-order valence-corrected chi connectivity index (χ2v) is 5.57. The Morgan fingerprint density at radius 1 is 0.920 bits per heavy atom. The van der Waals surface area contributed by atoms with Gasteiger partial charge in [0, 0.05) is 36.0 Å². The van der Waals surface area contributed by atoms with Gasteiger partial charge in [0.15, 0.2) is 11.6 Å². The molecule has 0 fully saturated rings. The maximum atomic E-state index is 13.7. The van der Waals surface area contributed by atoms with E-state index in [0.717, 1.165) is 22.8 Å². The van der Waals surface area contributed by atoms with Gasteiger partial charge in [-0.25, -0.2) is 13.8 Å². The van der Waals surface area contributed by atoms with Crippen molar-refractivity contribution >= 4 is 0 Å². The van der Waals surface area contributed by atoms with Crippen LogP contribution in [0.3, 0.4) is 0 Å². The third-order valence-electron chi connectivity index (χ3n) is 3.89. The Labute approximate surface area is 145 Å². The van der Waals surface area contributed by atoms with Crippen molar-refractivity contribution in [1.82, 2.24) is 10.3 Å². The number of ether oxygens (including phenoxy) is 1. The number of nitrogens with one attached hydrogen (secondary N) is 1. The number of rotatable bonds is 6. The predicted molar refractivity (Wildman–Crippen MR) is 93.1 cm³/mol. The highest BCUT2D eigenvalue weighted by atomic mass is 19.2. The van der Waals surface area contributed by atoms with Crippen LogP contribution in [0.1, 0.15) is 11.1 Å². The quantitative estimate of drug-likeness (QED) is 0.725. The second-order valence-electron chi connectivity index (χ2n) is 5.57. The summed E-state index contributed by atoms with van der Waals surface area (Å²) in [4.78, 5) is 4.33. The number of benzene rings is 2. The summed E-state index contributed by atoms with van der Waals surface area (Å²) in [7, 11) is 1.56. The van der Waals surface area contributed by atoms with Gasteiger partial charge in [-0.2, -0.15) is 0 Å². The van der Waals surface area contributed by atoms with Gasteiger partial charge in [-0.05, 0) is 17.7 Å². The minimum Gasteiger partial charge on any atom is -0.481 e. The fraction of sp³-hybridized carbons (Fsp3) is 0.150. The summed E-state index contributed by atoms with van der Waals surface area (Å²) in [5.41, 5.74) is 3.15. The van der Waals surface area contributed by atoms with Crippen molar-refractivity contribution < 1.29 is 13.5 Å². The summed E-state index contributed by atoms with van der Waals surface area (Å²) in [5.74, 6) is -1.16. The Balaban J connectivity index is 1.76. The molecular weight excluding hydrogens is 322 g/mol. The Bertz CT molecular complexity index is 854. The first-order valence-electron chi connectivity index (χ1n) is 7.91. The van der Waals surface area contributed by atoms with E-state index in [9.17, 15) is 8.78 Å². The summed E-state index contributed by atoms with van der Waals surface area (Å²) in [6.07, 6.45) is 1.75. The zero-order valence-electron chi connectivity index (χ0n) is 13.8. The summed E-state index contributed by atoms with van der Waals surface area (Å²) >= 11 is 0. The lowest BCUT2D eigenvalue weighted by molar-refractivity contribution is 0.390. The molecule has 0 amide bonds. The van der Waals surface area contributed by atoms with E-state index < -0.39 is 11.6 Å². The topological polar surface area (TPSA) is 34.1 Å². The molecule has 3 rings (SSSR count). The van der Waals surface area contributed by atoms with E-state index in [4.69, 9.17) is 4.74 Å². The smallest absolute Gasteiger partial charge is 0.217 e. The van der Waals surface area contributed by atoms with E-state index >= 15 is 0 Å². The van der Waals surface area contributed by atoms with Gasteiger partial charge < -0.3 is 10.1 Å². The molecule has 1 N–H and O–H groups in total. The van der Waals surface area contributed by atoms with Crippen LogP contribution in [0.2, 0.25) is 0 Å². The van der Waals surface area contributed by atoms with Crippen molar-refractivity contribution in [1.29, 1.82) is 0 Å². The fourth-order valence-corrected chi connectivity index (χ4v) is 2.61. The Kier molecular flexibility index (Phi) is 5.36. The zero-order chi connectivity index (χ0) is 17.6. The average molecular weight is 340 g/mol. The lowest BCUT2D eigenvalue weighted by Crippen LogP contribution is -2.15. The molecule has 25 heavy (non-hydrogen) atoms. The molecule has 0 unspecified atom stereocenters. The minimum atomic E-state index is -0.843. The van der Waals surface area contributed by atoms with Gasteiger partial charge in [-0.3, -0.25) is 0 Å². The van der Waals surface area contributed by atoms with E-state index in [1.807, 2.05) is 36.4 Å². The van der Waals surface area contributed by atoms with E-state index in [2.05, 4.69) is 10.3 Å². The molecule has 0 aliphatic carbocycles. The van der Waals surface area contributed by atoms with Crippen LogP contribution in [-0.2, 0) is 13.1 Å². The predicted octanol–water partition coefficient (Wildman–Crippen LogP) is 4.33. The van der Waals surface area contributed by atoms with Crippen molar-refractivity contribution in [2.45, 2.75) is 13.1 Å². The van der Waals surface area contributed by atoms with E-state index in [0.29, 0.717) is 12.4 Å². The molecular formula is C20H18F2N2O. The van der Waals surface area contributed by atoms with Crippen LogP contribution in [0.15, 0.2) is 60.8 Å². The molecule has 0 spiro atoms. The van der Waals surface area contributed by atoms with Gasteiger partial charge in [-0.15, -0.1) is 0 Å². The van der Waals surface area contributed by atoms with Crippen molar-refractivity contribution in [3.8, 4) is 17.0 Å². The molecule has 128 valence electrons. The second kappa shape index (κ2) is 7.85. The van der Waals surface area contributed by atoms with Crippen molar-refractivity contribution in [2.24, 2.45) is 0 Å². The molecule has 0 atom stereocenters. The third-order valence-corrected chi connectivity index (χ3v) is 3.89. The highest BCUT2D eigenvalue weighted by Crippen LogP contribution is 2.24. The molecule has 0 radical (unpaired) electrons. The maximum Gasteiger partial charge on any atom is 0.217 e. The molecule has 0 saturated carbocycles. The van der Waals surface area contributed by atoms with Crippen LogP contribution in [-0.4, -0.2) is 12.1 Å². The molecule has 2 aromatic carbocycles. The highest BCUT2D eigenvalue weighted by molar-refractivity contribution is 5.63. The normalized spacial score (nSPS) is 10.7. The van der Waals surface area contributed by atoms with E-state index in [1.165, 1.54) is 6.07 Å². The molecule has 3 aromatic rings. The Hall–Kier alpha value is -2.79. The van der Waals surface area contributed by atoms with Crippen molar-refractivity contribution in [2.75, 3.05) is 7.11 Å². The summed E-state index contributed by atoms with van der Waals surface area (Å²) in [5, 5.41) is 3.11. The van der Waals surface area contributed by atoms with Gasteiger partial charge >= 0.3 is 0 Å². The van der Waals surface area contributed by atoms with Crippen LogP contribution in [0, 0.1) is 11.6 Å².